The van der Waals surface area contributed by atoms with Gasteiger partial charge in [-0.05, 0) is 42.5 Å². The van der Waals surface area contributed by atoms with Crippen LogP contribution in [0.4, 0.5) is 4.39 Å². The summed E-state index contributed by atoms with van der Waals surface area (Å²) in [6, 6.07) is 8.45. The van der Waals surface area contributed by atoms with E-state index in [1.165, 1.54) is 12.1 Å². The molecule has 18 heavy (non-hydrogen) atoms. The number of aliphatic hydroxyl groups excluding tert-OH is 1. The van der Waals surface area contributed by atoms with E-state index in [-0.39, 0.29) is 18.3 Å². The van der Waals surface area contributed by atoms with Gasteiger partial charge in [0, 0.05) is 19.9 Å². The fourth-order valence-corrected chi connectivity index (χ4v) is 2.07. The van der Waals surface area contributed by atoms with Crippen molar-refractivity contribution in [2.75, 3.05) is 6.61 Å². The van der Waals surface area contributed by atoms with Crippen molar-refractivity contribution in [2.45, 2.75) is 12.8 Å². The summed E-state index contributed by atoms with van der Waals surface area (Å²) in [4.78, 5) is 0. The highest BCUT2D eigenvalue weighted by Gasteiger charge is 2.11. The molecule has 0 saturated carbocycles. The Hall–Kier alpha value is -1.68. The first-order valence-electron chi connectivity index (χ1n) is 6.01. The highest BCUT2D eigenvalue weighted by molar-refractivity contribution is 5.17. The van der Waals surface area contributed by atoms with Crippen molar-refractivity contribution in [1.29, 1.82) is 0 Å². The molecule has 0 saturated heterocycles. The van der Waals surface area contributed by atoms with Gasteiger partial charge in [-0.3, -0.25) is 4.68 Å². The van der Waals surface area contributed by atoms with E-state index < -0.39 is 0 Å². The Morgan fingerprint density at radius 3 is 2.78 bits per heavy atom. The van der Waals surface area contributed by atoms with Gasteiger partial charge in [0.15, 0.2) is 0 Å². The van der Waals surface area contributed by atoms with Crippen LogP contribution in [0.3, 0.4) is 0 Å². The summed E-state index contributed by atoms with van der Waals surface area (Å²) in [5.74, 6) is -0.163. The van der Waals surface area contributed by atoms with Crippen LogP contribution in [-0.4, -0.2) is 21.5 Å². The van der Waals surface area contributed by atoms with E-state index in [4.69, 9.17) is 0 Å². The molecule has 1 atom stereocenters. The third-order valence-electron chi connectivity index (χ3n) is 2.94. The third kappa shape index (κ3) is 3.40. The maximum absolute atomic E-state index is 13.1. The van der Waals surface area contributed by atoms with Crippen molar-refractivity contribution in [2.24, 2.45) is 13.0 Å². The van der Waals surface area contributed by atoms with Gasteiger partial charge in [-0.15, -0.1) is 0 Å². The number of rotatable bonds is 5. The molecule has 0 bridgehead atoms. The fraction of sp³-hybridized carbons (Fsp3) is 0.357. The molecule has 0 radical (unpaired) electrons. The number of nitrogens with zero attached hydrogens (tertiary/aromatic N) is 2. The monoisotopic (exact) mass is 248 g/mol. The molecule has 96 valence electrons. The maximum Gasteiger partial charge on any atom is 0.123 e. The lowest BCUT2D eigenvalue weighted by molar-refractivity contribution is 0.224. The molecular formula is C14H17FN2O. The van der Waals surface area contributed by atoms with E-state index in [1.807, 2.05) is 25.4 Å². The standard InChI is InChI=1S/C14H17FN2O/c1-17-6-5-14(16-17)9-12(10-18)7-11-3-2-4-13(15)8-11/h2-6,8,12,18H,7,9-10H2,1H3. The molecule has 0 amide bonds. The first kappa shape index (κ1) is 12.8. The minimum Gasteiger partial charge on any atom is -0.396 e. The summed E-state index contributed by atoms with van der Waals surface area (Å²) < 4.78 is 14.8. The second-order valence-electron chi connectivity index (χ2n) is 4.57. The lowest BCUT2D eigenvalue weighted by atomic mass is 9.95. The molecule has 0 fully saturated rings. The Morgan fingerprint density at radius 1 is 1.33 bits per heavy atom. The van der Waals surface area contributed by atoms with Crippen molar-refractivity contribution in [3.8, 4) is 0 Å². The zero-order valence-corrected chi connectivity index (χ0v) is 10.4. The van der Waals surface area contributed by atoms with Crippen LogP contribution in [0.25, 0.3) is 0 Å². The summed E-state index contributed by atoms with van der Waals surface area (Å²) in [6.07, 6.45) is 3.24. The molecule has 0 spiro atoms. The molecular weight excluding hydrogens is 231 g/mol. The van der Waals surface area contributed by atoms with Gasteiger partial charge in [-0.25, -0.2) is 4.39 Å². The Morgan fingerprint density at radius 2 is 2.17 bits per heavy atom. The molecule has 3 nitrogen and oxygen atoms in total. The van der Waals surface area contributed by atoms with Gasteiger partial charge in [-0.2, -0.15) is 5.10 Å². The highest BCUT2D eigenvalue weighted by Crippen LogP contribution is 2.14. The lowest BCUT2D eigenvalue weighted by Gasteiger charge is -2.12. The van der Waals surface area contributed by atoms with E-state index >= 15 is 0 Å². The highest BCUT2D eigenvalue weighted by atomic mass is 19.1. The predicted octanol–water partition coefficient (Wildman–Crippen LogP) is 1.95. The molecule has 1 heterocycles. The van der Waals surface area contributed by atoms with Crippen LogP contribution < -0.4 is 0 Å². The van der Waals surface area contributed by atoms with Gasteiger partial charge in [0.1, 0.15) is 5.82 Å². The molecule has 1 N–H and O–H groups in total. The normalized spacial score (nSPS) is 12.6. The molecule has 4 heteroatoms. The van der Waals surface area contributed by atoms with Gasteiger partial charge in [-0.1, -0.05) is 12.1 Å². The average Bonchev–Trinajstić information content (AvgIpc) is 2.74. The van der Waals surface area contributed by atoms with E-state index in [1.54, 1.807) is 10.7 Å². The van der Waals surface area contributed by atoms with E-state index in [0.717, 1.165) is 11.3 Å². The number of halogens is 1. The molecule has 0 aliphatic carbocycles. The van der Waals surface area contributed by atoms with Crippen LogP contribution in [0.1, 0.15) is 11.3 Å². The average molecular weight is 248 g/mol. The van der Waals surface area contributed by atoms with Gasteiger partial charge in [0.05, 0.1) is 5.69 Å². The van der Waals surface area contributed by atoms with Crippen molar-refractivity contribution in [3.05, 3.63) is 53.6 Å². The van der Waals surface area contributed by atoms with Gasteiger partial charge in [0.25, 0.3) is 0 Å². The zero-order valence-electron chi connectivity index (χ0n) is 10.4. The van der Waals surface area contributed by atoms with E-state index in [9.17, 15) is 9.50 Å². The third-order valence-corrected chi connectivity index (χ3v) is 2.94. The topological polar surface area (TPSA) is 38.0 Å². The summed E-state index contributed by atoms with van der Waals surface area (Å²) in [6.45, 7) is 0.0765. The van der Waals surface area contributed by atoms with Gasteiger partial charge in [0.2, 0.25) is 0 Å². The van der Waals surface area contributed by atoms with Crippen molar-refractivity contribution in [3.63, 3.8) is 0 Å². The summed E-state index contributed by atoms with van der Waals surface area (Å²) in [5, 5.41) is 13.7. The Labute approximate surface area is 106 Å². The quantitative estimate of drug-likeness (QED) is 0.878. The molecule has 1 unspecified atom stereocenters. The van der Waals surface area contributed by atoms with Crippen molar-refractivity contribution >= 4 is 0 Å². The number of aryl methyl sites for hydroxylation is 1. The smallest absolute Gasteiger partial charge is 0.123 e. The molecule has 0 aliphatic heterocycles. The largest absolute Gasteiger partial charge is 0.396 e. The van der Waals surface area contributed by atoms with E-state index in [2.05, 4.69) is 5.10 Å². The lowest BCUT2D eigenvalue weighted by Crippen LogP contribution is -2.13. The zero-order chi connectivity index (χ0) is 13.0. The number of hydrogen-bond acceptors (Lipinski definition) is 2. The number of benzene rings is 1. The molecule has 1 aromatic heterocycles. The first-order chi connectivity index (χ1) is 8.67. The Bertz CT molecular complexity index is 510. The van der Waals surface area contributed by atoms with Crippen molar-refractivity contribution < 1.29 is 9.50 Å². The fourth-order valence-electron chi connectivity index (χ4n) is 2.07. The summed E-state index contributed by atoms with van der Waals surface area (Å²) in [7, 11) is 1.87. The van der Waals surface area contributed by atoms with Crippen molar-refractivity contribution in [1.82, 2.24) is 9.78 Å². The first-order valence-corrected chi connectivity index (χ1v) is 6.01. The van der Waals surface area contributed by atoms with Gasteiger partial charge < -0.3 is 5.11 Å². The second kappa shape index (κ2) is 5.78. The molecule has 2 aromatic rings. The van der Waals surface area contributed by atoms with Crippen LogP contribution in [-0.2, 0) is 19.9 Å². The van der Waals surface area contributed by atoms with Crippen LogP contribution in [0.15, 0.2) is 36.5 Å². The Balaban J connectivity index is 2.01. The SMILES string of the molecule is Cn1ccc(CC(CO)Cc2cccc(F)c2)n1. The second-order valence-corrected chi connectivity index (χ2v) is 4.57. The molecule has 1 aromatic carbocycles. The molecule has 2 rings (SSSR count). The van der Waals surface area contributed by atoms with Crippen LogP contribution >= 0.6 is 0 Å². The predicted molar refractivity (Wildman–Crippen MR) is 67.6 cm³/mol. The Kier molecular flexibility index (Phi) is 4.10. The summed E-state index contributed by atoms with van der Waals surface area (Å²) >= 11 is 0. The molecule has 0 aliphatic rings. The number of aliphatic hydroxyl groups is 1. The van der Waals surface area contributed by atoms with Crippen LogP contribution in [0.2, 0.25) is 0 Å². The van der Waals surface area contributed by atoms with Crippen LogP contribution in [0.5, 0.6) is 0 Å². The van der Waals surface area contributed by atoms with E-state index in [0.29, 0.717) is 12.8 Å². The summed E-state index contributed by atoms with van der Waals surface area (Å²) in [5.41, 5.74) is 1.86. The minimum absolute atomic E-state index is 0.0710. The van der Waals surface area contributed by atoms with Gasteiger partial charge >= 0.3 is 0 Å². The number of aromatic nitrogens is 2. The number of hydrogen-bond donors (Lipinski definition) is 1. The maximum atomic E-state index is 13.1. The minimum atomic E-state index is -0.234. The van der Waals surface area contributed by atoms with Crippen LogP contribution in [0, 0.1) is 11.7 Å².